The van der Waals surface area contributed by atoms with Gasteiger partial charge in [0.15, 0.2) is 0 Å². The molecule has 1 rings (SSSR count). The van der Waals surface area contributed by atoms with Gasteiger partial charge in [0.25, 0.3) is 5.91 Å². The van der Waals surface area contributed by atoms with Crippen LogP contribution in [0, 0.1) is 11.2 Å². The Morgan fingerprint density at radius 3 is 2.57 bits per heavy atom. The lowest BCUT2D eigenvalue weighted by Gasteiger charge is -2.23. The monoisotopic (exact) mass is 359 g/mol. The molecule has 0 aliphatic heterocycles. The van der Waals surface area contributed by atoms with E-state index in [9.17, 15) is 14.0 Å². The van der Waals surface area contributed by atoms with Crippen LogP contribution >= 0.6 is 15.9 Å². The van der Waals surface area contributed by atoms with Gasteiger partial charge in [0, 0.05) is 18.5 Å². The zero-order chi connectivity index (χ0) is 16.0. The maximum Gasteiger partial charge on any atom is 0.303 e. The Morgan fingerprint density at radius 1 is 1.33 bits per heavy atom. The Labute approximate surface area is 131 Å². The highest BCUT2D eigenvalue weighted by Crippen LogP contribution is 2.26. The van der Waals surface area contributed by atoms with E-state index in [1.54, 1.807) is 0 Å². The normalized spacial score (nSPS) is 11.2. The molecule has 116 valence electrons. The summed E-state index contributed by atoms with van der Waals surface area (Å²) in [6, 6.07) is 4.08. The third kappa shape index (κ3) is 6.25. The fourth-order valence-electron chi connectivity index (χ4n) is 1.82. The van der Waals surface area contributed by atoms with Crippen LogP contribution in [-0.2, 0) is 4.79 Å². The fraction of sp³-hybridized carbons (Fsp3) is 0.467. The highest BCUT2D eigenvalue weighted by atomic mass is 79.9. The quantitative estimate of drug-likeness (QED) is 0.781. The van der Waals surface area contributed by atoms with Crippen LogP contribution < -0.4 is 5.32 Å². The van der Waals surface area contributed by atoms with Crippen molar-refractivity contribution in [2.75, 3.05) is 6.54 Å². The predicted octanol–water partition coefficient (Wildman–Crippen LogP) is 3.60. The van der Waals surface area contributed by atoms with Gasteiger partial charge >= 0.3 is 5.97 Å². The van der Waals surface area contributed by atoms with Crippen molar-refractivity contribution in [2.24, 2.45) is 5.41 Å². The van der Waals surface area contributed by atoms with E-state index in [0.29, 0.717) is 24.9 Å². The van der Waals surface area contributed by atoms with Crippen LogP contribution in [0.25, 0.3) is 0 Å². The number of aliphatic carboxylic acids is 1. The van der Waals surface area contributed by atoms with Gasteiger partial charge in [0.1, 0.15) is 5.82 Å². The van der Waals surface area contributed by atoms with Crippen molar-refractivity contribution in [1.82, 2.24) is 5.32 Å². The zero-order valence-electron chi connectivity index (χ0n) is 12.1. The second kappa shape index (κ2) is 7.54. The summed E-state index contributed by atoms with van der Waals surface area (Å²) < 4.78 is 13.3. The fourth-order valence-corrected chi connectivity index (χ4v) is 2.20. The van der Waals surface area contributed by atoms with Crippen molar-refractivity contribution in [3.63, 3.8) is 0 Å². The maximum absolute atomic E-state index is 13.1. The molecule has 1 aromatic rings. The minimum atomic E-state index is -0.816. The summed E-state index contributed by atoms with van der Waals surface area (Å²) in [6.07, 6.45) is 1.35. The lowest BCUT2D eigenvalue weighted by atomic mass is 9.84. The second-order valence-corrected chi connectivity index (χ2v) is 6.55. The van der Waals surface area contributed by atoms with Gasteiger partial charge in [-0.2, -0.15) is 0 Å². The molecular weight excluding hydrogens is 341 g/mol. The van der Waals surface area contributed by atoms with Gasteiger partial charge in [-0.05, 0) is 52.4 Å². The molecule has 0 unspecified atom stereocenters. The first kappa shape index (κ1) is 17.6. The number of carbonyl (C=O) groups excluding carboxylic acids is 1. The summed E-state index contributed by atoms with van der Waals surface area (Å²) in [7, 11) is 0. The topological polar surface area (TPSA) is 66.4 Å². The molecule has 1 aromatic carbocycles. The van der Waals surface area contributed by atoms with Crippen LogP contribution in [0.3, 0.4) is 0 Å². The third-order valence-electron chi connectivity index (χ3n) is 3.28. The molecule has 0 aromatic heterocycles. The van der Waals surface area contributed by atoms with Crippen molar-refractivity contribution >= 4 is 27.8 Å². The Bertz CT molecular complexity index is 532. The SMILES string of the molecule is CC(C)(CCNC(=O)c1ccc(F)c(Br)c1)CCC(=O)O. The molecule has 0 aliphatic carbocycles. The summed E-state index contributed by atoms with van der Waals surface area (Å²) >= 11 is 3.04. The van der Waals surface area contributed by atoms with Gasteiger partial charge in [-0.1, -0.05) is 13.8 Å². The first-order valence-electron chi connectivity index (χ1n) is 6.66. The van der Waals surface area contributed by atoms with E-state index in [1.165, 1.54) is 18.2 Å². The number of amides is 1. The number of halogens is 2. The van der Waals surface area contributed by atoms with Crippen molar-refractivity contribution < 1.29 is 19.1 Å². The molecule has 1 amide bonds. The summed E-state index contributed by atoms with van der Waals surface area (Å²) in [6.45, 7) is 4.38. The average molecular weight is 360 g/mol. The highest BCUT2D eigenvalue weighted by Gasteiger charge is 2.19. The molecule has 2 N–H and O–H groups in total. The minimum Gasteiger partial charge on any atom is -0.481 e. The van der Waals surface area contributed by atoms with Crippen LogP contribution in [0.5, 0.6) is 0 Å². The van der Waals surface area contributed by atoms with Crippen molar-refractivity contribution in [1.29, 1.82) is 0 Å². The number of nitrogens with one attached hydrogen (secondary N) is 1. The highest BCUT2D eigenvalue weighted by molar-refractivity contribution is 9.10. The van der Waals surface area contributed by atoms with E-state index in [-0.39, 0.29) is 22.2 Å². The van der Waals surface area contributed by atoms with Crippen molar-refractivity contribution in [3.05, 3.63) is 34.1 Å². The summed E-state index contributed by atoms with van der Waals surface area (Å²) in [5.41, 5.74) is 0.223. The van der Waals surface area contributed by atoms with Gasteiger partial charge in [-0.25, -0.2) is 4.39 Å². The molecule has 0 saturated carbocycles. The number of rotatable bonds is 7. The Balaban J connectivity index is 2.46. The number of hydrogen-bond donors (Lipinski definition) is 2. The lowest BCUT2D eigenvalue weighted by Crippen LogP contribution is -2.28. The number of carbonyl (C=O) groups is 2. The zero-order valence-corrected chi connectivity index (χ0v) is 13.7. The van der Waals surface area contributed by atoms with Crippen LogP contribution in [0.2, 0.25) is 0 Å². The number of carboxylic acid groups (broad SMARTS) is 1. The number of benzene rings is 1. The number of carboxylic acids is 1. The van der Waals surface area contributed by atoms with Gasteiger partial charge in [0.2, 0.25) is 0 Å². The molecule has 0 radical (unpaired) electrons. The molecule has 0 bridgehead atoms. The van der Waals surface area contributed by atoms with Crippen LogP contribution in [-0.4, -0.2) is 23.5 Å². The Kier molecular flexibility index (Phi) is 6.33. The third-order valence-corrected chi connectivity index (χ3v) is 3.89. The second-order valence-electron chi connectivity index (χ2n) is 5.69. The first-order valence-corrected chi connectivity index (χ1v) is 7.46. The molecule has 0 spiro atoms. The molecule has 0 aliphatic rings. The Morgan fingerprint density at radius 2 is 2.00 bits per heavy atom. The van der Waals surface area contributed by atoms with E-state index in [2.05, 4.69) is 21.2 Å². The molecule has 0 atom stereocenters. The van der Waals surface area contributed by atoms with Gasteiger partial charge in [-0.15, -0.1) is 0 Å². The number of hydrogen-bond acceptors (Lipinski definition) is 2. The summed E-state index contributed by atoms with van der Waals surface area (Å²) in [4.78, 5) is 22.5. The average Bonchev–Trinajstić information content (AvgIpc) is 2.39. The van der Waals surface area contributed by atoms with Crippen LogP contribution in [0.15, 0.2) is 22.7 Å². The van der Waals surface area contributed by atoms with Gasteiger partial charge in [-0.3, -0.25) is 9.59 Å². The minimum absolute atomic E-state index is 0.117. The van der Waals surface area contributed by atoms with Crippen LogP contribution in [0.4, 0.5) is 4.39 Å². The van der Waals surface area contributed by atoms with Gasteiger partial charge < -0.3 is 10.4 Å². The lowest BCUT2D eigenvalue weighted by molar-refractivity contribution is -0.137. The molecule has 0 saturated heterocycles. The van der Waals surface area contributed by atoms with E-state index in [4.69, 9.17) is 5.11 Å². The first-order chi connectivity index (χ1) is 9.71. The van der Waals surface area contributed by atoms with E-state index >= 15 is 0 Å². The Hall–Kier alpha value is -1.43. The van der Waals surface area contributed by atoms with Crippen molar-refractivity contribution in [2.45, 2.75) is 33.1 Å². The smallest absolute Gasteiger partial charge is 0.303 e. The van der Waals surface area contributed by atoms with E-state index < -0.39 is 11.8 Å². The molecular formula is C15H19BrFNO3. The van der Waals surface area contributed by atoms with Crippen LogP contribution in [0.1, 0.15) is 43.5 Å². The molecule has 4 nitrogen and oxygen atoms in total. The molecule has 6 heteroatoms. The predicted molar refractivity (Wildman–Crippen MR) is 81.7 cm³/mol. The molecule has 21 heavy (non-hydrogen) atoms. The van der Waals surface area contributed by atoms with Gasteiger partial charge in [0.05, 0.1) is 4.47 Å². The standard InChI is InChI=1S/C15H19BrFNO3/c1-15(2,6-5-13(19)20)7-8-18-14(21)10-3-4-12(17)11(16)9-10/h3-4,9H,5-8H2,1-2H3,(H,18,21)(H,19,20). The largest absolute Gasteiger partial charge is 0.481 e. The summed E-state index contributed by atoms with van der Waals surface area (Å²) in [5, 5.41) is 11.4. The van der Waals surface area contributed by atoms with Crippen molar-refractivity contribution in [3.8, 4) is 0 Å². The van der Waals surface area contributed by atoms with E-state index in [0.717, 1.165) is 0 Å². The summed E-state index contributed by atoms with van der Waals surface area (Å²) in [5.74, 6) is -1.51. The maximum atomic E-state index is 13.1. The molecule has 0 fully saturated rings. The van der Waals surface area contributed by atoms with E-state index in [1.807, 2.05) is 13.8 Å². The molecule has 0 heterocycles.